The minimum atomic E-state index is 0.273. The third kappa shape index (κ3) is 1.66. The first-order valence-electron chi connectivity index (χ1n) is 6.03. The van der Waals surface area contributed by atoms with Crippen LogP contribution in [0.25, 0.3) is 17.0 Å². The number of nitrogens with one attached hydrogen (secondary N) is 1. The largest absolute Gasteiger partial charge is 0.382 e. The molecule has 0 spiro atoms. The number of benzene rings is 1. The number of aromatic amines is 1. The Labute approximate surface area is 115 Å². The average molecular weight is 267 g/mol. The van der Waals surface area contributed by atoms with Gasteiger partial charge in [-0.2, -0.15) is 9.94 Å². The molecule has 0 bridgehead atoms. The van der Waals surface area contributed by atoms with Gasteiger partial charge in [0.1, 0.15) is 11.6 Å². The Morgan fingerprint density at radius 1 is 1.35 bits per heavy atom. The lowest BCUT2D eigenvalue weighted by atomic mass is 10.3. The molecule has 0 saturated carbocycles. The van der Waals surface area contributed by atoms with E-state index in [0.717, 1.165) is 11.0 Å². The van der Waals surface area contributed by atoms with E-state index in [9.17, 15) is 5.26 Å². The van der Waals surface area contributed by atoms with Crippen LogP contribution in [0.3, 0.4) is 0 Å². The highest BCUT2D eigenvalue weighted by molar-refractivity contribution is 5.76. The van der Waals surface area contributed by atoms with Crippen molar-refractivity contribution in [2.45, 2.75) is 0 Å². The molecule has 0 aliphatic heterocycles. The monoisotopic (exact) mass is 267 g/mol. The van der Waals surface area contributed by atoms with E-state index in [1.54, 1.807) is 4.90 Å². The molecule has 7 heteroatoms. The van der Waals surface area contributed by atoms with E-state index in [4.69, 9.17) is 5.73 Å². The third-order valence-corrected chi connectivity index (χ3v) is 3.02. The van der Waals surface area contributed by atoms with Crippen LogP contribution in [0.15, 0.2) is 24.3 Å². The molecule has 3 rings (SSSR count). The molecular weight excluding hydrogens is 254 g/mol. The van der Waals surface area contributed by atoms with Crippen LogP contribution >= 0.6 is 0 Å². The van der Waals surface area contributed by atoms with Crippen LogP contribution in [-0.2, 0) is 0 Å². The highest BCUT2D eigenvalue weighted by Crippen LogP contribution is 2.25. The van der Waals surface area contributed by atoms with Crippen molar-refractivity contribution in [3.63, 3.8) is 0 Å². The van der Waals surface area contributed by atoms with E-state index in [-0.39, 0.29) is 5.82 Å². The Morgan fingerprint density at radius 2 is 2.10 bits per heavy atom. The number of hydrogen-bond acceptors (Lipinski definition) is 5. The summed E-state index contributed by atoms with van der Waals surface area (Å²) in [7, 11) is 3.62. The number of H-pyrrole nitrogens is 1. The van der Waals surface area contributed by atoms with E-state index in [1.807, 2.05) is 38.4 Å². The molecule has 0 aliphatic carbocycles. The minimum Gasteiger partial charge on any atom is -0.382 e. The van der Waals surface area contributed by atoms with E-state index in [2.05, 4.69) is 21.1 Å². The van der Waals surface area contributed by atoms with Gasteiger partial charge in [0, 0.05) is 14.1 Å². The van der Waals surface area contributed by atoms with Crippen LogP contribution in [0.1, 0.15) is 5.56 Å². The summed E-state index contributed by atoms with van der Waals surface area (Å²) in [6, 6.07) is 9.72. The quantitative estimate of drug-likeness (QED) is 0.728. The van der Waals surface area contributed by atoms with Crippen molar-refractivity contribution in [1.82, 2.24) is 19.7 Å². The summed E-state index contributed by atoms with van der Waals surface area (Å²) in [5, 5.41) is 13.6. The number of para-hydroxylation sites is 2. The zero-order valence-electron chi connectivity index (χ0n) is 11.1. The number of nitrogens with two attached hydrogens (primary N) is 1. The van der Waals surface area contributed by atoms with Crippen molar-refractivity contribution < 1.29 is 0 Å². The molecule has 2 aromatic heterocycles. The van der Waals surface area contributed by atoms with Gasteiger partial charge in [0.2, 0.25) is 5.95 Å². The number of hydrogen-bond donors (Lipinski definition) is 2. The Morgan fingerprint density at radius 3 is 2.70 bits per heavy atom. The highest BCUT2D eigenvalue weighted by atomic mass is 15.4. The van der Waals surface area contributed by atoms with Gasteiger partial charge < -0.3 is 15.6 Å². The SMILES string of the molecule is CN(C)c1nn(-c2nc3ccccc3[nH]2)c(N)c1C#N. The normalized spacial score (nSPS) is 10.7. The molecule has 100 valence electrons. The van der Waals surface area contributed by atoms with Crippen LogP contribution < -0.4 is 10.6 Å². The predicted molar refractivity (Wildman–Crippen MR) is 76.7 cm³/mol. The van der Waals surface area contributed by atoms with E-state index < -0.39 is 0 Å². The molecule has 7 nitrogen and oxygen atoms in total. The first kappa shape index (κ1) is 12.0. The molecule has 0 amide bonds. The first-order valence-corrected chi connectivity index (χ1v) is 6.03. The maximum atomic E-state index is 9.21. The lowest BCUT2D eigenvalue weighted by Gasteiger charge is -2.07. The van der Waals surface area contributed by atoms with E-state index in [1.165, 1.54) is 4.68 Å². The Bertz CT molecular complexity index is 786. The molecule has 0 radical (unpaired) electrons. The molecule has 20 heavy (non-hydrogen) atoms. The molecule has 0 saturated heterocycles. The van der Waals surface area contributed by atoms with Crippen LogP contribution in [-0.4, -0.2) is 33.8 Å². The van der Waals surface area contributed by atoms with Crippen molar-refractivity contribution in [2.75, 3.05) is 24.7 Å². The molecule has 3 N–H and O–H groups in total. The fraction of sp³-hybridized carbons (Fsp3) is 0.154. The molecule has 0 fully saturated rings. The summed E-state index contributed by atoms with van der Waals surface area (Å²) >= 11 is 0. The Hall–Kier alpha value is -3.01. The summed E-state index contributed by atoms with van der Waals surface area (Å²) in [6.45, 7) is 0. The standard InChI is InChI=1S/C13H13N7/c1-19(2)12-8(7-14)11(15)20(18-12)13-16-9-5-3-4-6-10(9)17-13/h3-6H,15H2,1-2H3,(H,16,17). The summed E-state index contributed by atoms with van der Waals surface area (Å²) in [6.07, 6.45) is 0. The zero-order chi connectivity index (χ0) is 14.3. The molecular formula is C13H13N7. The average Bonchev–Trinajstić information content (AvgIpc) is 2.98. The van der Waals surface area contributed by atoms with Crippen LogP contribution in [0.4, 0.5) is 11.6 Å². The van der Waals surface area contributed by atoms with Gasteiger partial charge in [-0.05, 0) is 12.1 Å². The van der Waals surface area contributed by atoms with Gasteiger partial charge in [0.05, 0.1) is 11.0 Å². The molecule has 0 aliphatic rings. The fourth-order valence-electron chi connectivity index (χ4n) is 2.04. The van der Waals surface area contributed by atoms with Crippen molar-refractivity contribution in [2.24, 2.45) is 0 Å². The highest BCUT2D eigenvalue weighted by Gasteiger charge is 2.19. The molecule has 0 unspecified atom stereocenters. The topological polar surface area (TPSA) is 99.6 Å². The molecule has 2 heterocycles. The second-order valence-electron chi connectivity index (χ2n) is 4.58. The van der Waals surface area contributed by atoms with E-state index in [0.29, 0.717) is 17.3 Å². The van der Waals surface area contributed by atoms with Gasteiger partial charge in [0.15, 0.2) is 11.6 Å². The fourth-order valence-corrected chi connectivity index (χ4v) is 2.04. The lowest BCUT2D eigenvalue weighted by Crippen LogP contribution is -2.11. The van der Waals surface area contributed by atoms with Gasteiger partial charge in [-0.1, -0.05) is 12.1 Å². The second kappa shape index (κ2) is 4.28. The van der Waals surface area contributed by atoms with Crippen molar-refractivity contribution in [1.29, 1.82) is 5.26 Å². The summed E-state index contributed by atoms with van der Waals surface area (Å²) < 4.78 is 1.45. The van der Waals surface area contributed by atoms with Crippen LogP contribution in [0, 0.1) is 11.3 Å². The molecule has 1 aromatic carbocycles. The van der Waals surface area contributed by atoms with Gasteiger partial charge >= 0.3 is 0 Å². The summed E-state index contributed by atoms with van der Waals surface area (Å²) in [5.41, 5.74) is 8.05. The second-order valence-corrected chi connectivity index (χ2v) is 4.58. The smallest absolute Gasteiger partial charge is 0.231 e. The van der Waals surface area contributed by atoms with Gasteiger partial charge in [-0.25, -0.2) is 4.98 Å². The Kier molecular flexibility index (Phi) is 2.57. The number of fused-ring (bicyclic) bond motifs is 1. The maximum Gasteiger partial charge on any atom is 0.231 e. The van der Waals surface area contributed by atoms with E-state index >= 15 is 0 Å². The summed E-state index contributed by atoms with van der Waals surface area (Å²) in [5.74, 6) is 1.29. The third-order valence-electron chi connectivity index (χ3n) is 3.02. The lowest BCUT2D eigenvalue weighted by molar-refractivity contribution is 0.829. The number of anilines is 2. The maximum absolute atomic E-state index is 9.21. The number of nitrogens with zero attached hydrogens (tertiary/aromatic N) is 5. The van der Waals surface area contributed by atoms with Gasteiger partial charge in [0.25, 0.3) is 0 Å². The first-order chi connectivity index (χ1) is 9.61. The number of aromatic nitrogens is 4. The predicted octanol–water partition coefficient (Wildman–Crippen LogP) is 1.27. The van der Waals surface area contributed by atoms with Crippen LogP contribution in [0.2, 0.25) is 0 Å². The number of imidazole rings is 1. The van der Waals surface area contributed by atoms with Crippen LogP contribution in [0.5, 0.6) is 0 Å². The molecule has 3 aromatic rings. The van der Waals surface area contributed by atoms with Gasteiger partial charge in [-0.3, -0.25) is 0 Å². The van der Waals surface area contributed by atoms with Crippen molar-refractivity contribution in [3.8, 4) is 12.0 Å². The minimum absolute atomic E-state index is 0.273. The number of rotatable bonds is 2. The van der Waals surface area contributed by atoms with Crippen molar-refractivity contribution in [3.05, 3.63) is 29.8 Å². The number of nitriles is 1. The van der Waals surface area contributed by atoms with Gasteiger partial charge in [-0.15, -0.1) is 5.10 Å². The Balaban J connectivity index is 2.22. The summed E-state index contributed by atoms with van der Waals surface area (Å²) in [4.78, 5) is 9.31. The number of nitrogen functional groups attached to an aromatic ring is 1. The zero-order valence-corrected chi connectivity index (χ0v) is 11.1. The van der Waals surface area contributed by atoms with Crippen molar-refractivity contribution >= 4 is 22.7 Å². The molecule has 0 atom stereocenters.